The molecule has 10 heteroatoms. The van der Waals surface area contributed by atoms with Gasteiger partial charge in [-0.15, -0.1) is 0 Å². The lowest BCUT2D eigenvalue weighted by Crippen LogP contribution is -2.35. The van der Waals surface area contributed by atoms with Gasteiger partial charge in [-0.25, -0.2) is 4.98 Å². The van der Waals surface area contributed by atoms with Gasteiger partial charge in [0.15, 0.2) is 0 Å². The summed E-state index contributed by atoms with van der Waals surface area (Å²) in [6, 6.07) is 7.22. The van der Waals surface area contributed by atoms with E-state index < -0.39 is 18.6 Å². The van der Waals surface area contributed by atoms with Crippen molar-refractivity contribution in [2.24, 2.45) is 5.92 Å². The van der Waals surface area contributed by atoms with Gasteiger partial charge in [0.1, 0.15) is 12.4 Å². The Morgan fingerprint density at radius 1 is 1.36 bits per heavy atom. The Labute approximate surface area is 168 Å². The van der Waals surface area contributed by atoms with E-state index in [2.05, 4.69) is 20.9 Å². The number of aromatic nitrogens is 2. The maximum Gasteiger partial charge on any atom is 0.406 e. The van der Waals surface area contributed by atoms with Gasteiger partial charge >= 0.3 is 6.18 Å². The third-order valence-electron chi connectivity index (χ3n) is 4.52. The van der Waals surface area contributed by atoms with E-state index >= 15 is 0 Å². The van der Waals surface area contributed by atoms with Crippen LogP contribution >= 0.6 is 15.9 Å². The van der Waals surface area contributed by atoms with E-state index in [4.69, 9.17) is 0 Å². The molecule has 1 aromatic carbocycles. The molecule has 1 aliphatic heterocycles. The van der Waals surface area contributed by atoms with Crippen LogP contribution in [0.1, 0.15) is 12.2 Å². The molecule has 1 saturated heterocycles. The van der Waals surface area contributed by atoms with Crippen molar-refractivity contribution in [2.45, 2.75) is 25.7 Å². The van der Waals surface area contributed by atoms with Crippen LogP contribution in [0.2, 0.25) is 0 Å². The fourth-order valence-corrected chi connectivity index (χ4v) is 3.71. The lowest BCUT2D eigenvalue weighted by atomic mass is 10.1. The van der Waals surface area contributed by atoms with Gasteiger partial charge in [-0.1, -0.05) is 12.1 Å². The van der Waals surface area contributed by atoms with Gasteiger partial charge in [0.25, 0.3) is 0 Å². The Morgan fingerprint density at radius 3 is 2.75 bits per heavy atom. The molecule has 6 nitrogen and oxygen atoms in total. The Kier molecular flexibility index (Phi) is 5.78. The predicted molar refractivity (Wildman–Crippen MR) is 99.4 cm³/mol. The maximum atomic E-state index is 12.8. The minimum absolute atomic E-state index is 0.0570. The number of benzene rings is 1. The van der Waals surface area contributed by atoms with Crippen molar-refractivity contribution in [3.05, 3.63) is 47.0 Å². The van der Waals surface area contributed by atoms with Crippen LogP contribution < -0.4 is 4.90 Å². The molecule has 1 aromatic heterocycles. The molecule has 2 heterocycles. The molecule has 0 spiro atoms. The first-order chi connectivity index (χ1) is 13.2. The van der Waals surface area contributed by atoms with Gasteiger partial charge in [-0.2, -0.15) is 13.2 Å². The normalized spacial score (nSPS) is 17.2. The van der Waals surface area contributed by atoms with Gasteiger partial charge in [0.05, 0.1) is 18.2 Å². The highest BCUT2D eigenvalue weighted by Gasteiger charge is 2.37. The molecule has 1 atom stereocenters. The summed E-state index contributed by atoms with van der Waals surface area (Å²) in [5.41, 5.74) is 0.686. The number of halogens is 4. The average Bonchev–Trinajstić information content (AvgIpc) is 3.20. The summed E-state index contributed by atoms with van der Waals surface area (Å²) < 4.78 is 39.7. The summed E-state index contributed by atoms with van der Waals surface area (Å²) in [4.78, 5) is 31.9. The minimum Gasteiger partial charge on any atom is -0.338 e. The van der Waals surface area contributed by atoms with E-state index in [1.807, 2.05) is 12.1 Å². The second kappa shape index (κ2) is 7.94. The third kappa shape index (κ3) is 4.54. The van der Waals surface area contributed by atoms with Gasteiger partial charge in [0.2, 0.25) is 11.8 Å². The molecule has 0 bridgehead atoms. The number of hydrogen-bond donors (Lipinski definition) is 0. The second-order valence-corrected chi connectivity index (χ2v) is 7.49. The molecule has 2 aromatic rings. The number of imidazole rings is 1. The summed E-state index contributed by atoms with van der Waals surface area (Å²) in [6.07, 6.45) is -1.82. The maximum absolute atomic E-state index is 12.8. The van der Waals surface area contributed by atoms with Gasteiger partial charge < -0.3 is 14.4 Å². The first kappa shape index (κ1) is 20.4. The molecule has 2 amide bonds. The summed E-state index contributed by atoms with van der Waals surface area (Å²) >= 11 is 3.40. The van der Waals surface area contributed by atoms with Crippen molar-refractivity contribution in [1.29, 1.82) is 0 Å². The highest BCUT2D eigenvalue weighted by atomic mass is 79.9. The topological polar surface area (TPSA) is 58.4 Å². The summed E-state index contributed by atoms with van der Waals surface area (Å²) in [6.45, 7) is -1.01. The first-order valence-electron chi connectivity index (χ1n) is 8.52. The first-order valence-corrected chi connectivity index (χ1v) is 9.31. The quantitative estimate of drug-likeness (QED) is 0.690. The predicted octanol–water partition coefficient (Wildman–Crippen LogP) is 3.22. The third-order valence-corrected chi connectivity index (χ3v) is 5.19. The Balaban J connectivity index is 1.67. The Morgan fingerprint density at radius 2 is 2.07 bits per heavy atom. The van der Waals surface area contributed by atoms with Crippen LogP contribution in [-0.2, 0) is 22.7 Å². The lowest BCUT2D eigenvalue weighted by molar-refractivity contribution is -0.141. The van der Waals surface area contributed by atoms with E-state index in [1.165, 1.54) is 24.3 Å². The van der Waals surface area contributed by atoms with Crippen molar-refractivity contribution in [3.63, 3.8) is 0 Å². The highest BCUT2D eigenvalue weighted by Crippen LogP contribution is 2.32. The molecule has 150 valence electrons. The molecular formula is C18H18BrF3N4O2. The summed E-state index contributed by atoms with van der Waals surface area (Å²) in [5, 5.41) is 0. The largest absolute Gasteiger partial charge is 0.406 e. The highest BCUT2D eigenvalue weighted by molar-refractivity contribution is 9.10. The fourth-order valence-electron chi connectivity index (χ4n) is 3.21. The minimum atomic E-state index is -4.38. The van der Waals surface area contributed by atoms with Crippen LogP contribution in [0.5, 0.6) is 0 Å². The summed E-state index contributed by atoms with van der Waals surface area (Å²) in [5.74, 6) is -0.891. The standard InChI is InChI=1S/C18H18BrF3N4O2/c1-24(10-15-23-6-7-25(15)11-18(20,21)22)17(28)12-8-16(27)26(9-12)14-5-3-2-4-13(14)19/h2-7,12H,8-11H2,1H3/t12-/m1/s1. The molecule has 0 aliphatic carbocycles. The SMILES string of the molecule is CN(Cc1nccn1CC(F)(F)F)C(=O)[C@@H]1CC(=O)N(c2ccccc2Br)C1. The van der Waals surface area contributed by atoms with E-state index in [0.717, 1.165) is 9.04 Å². The van der Waals surface area contributed by atoms with Crippen LogP contribution in [0, 0.1) is 5.92 Å². The van der Waals surface area contributed by atoms with Crippen molar-refractivity contribution >= 4 is 33.4 Å². The number of alkyl halides is 3. The zero-order valence-corrected chi connectivity index (χ0v) is 16.6. The molecule has 0 N–H and O–H groups in total. The van der Waals surface area contributed by atoms with Gasteiger partial charge in [-0.3, -0.25) is 9.59 Å². The van der Waals surface area contributed by atoms with Crippen LogP contribution in [-0.4, -0.2) is 46.0 Å². The molecule has 1 fully saturated rings. The number of rotatable bonds is 5. The number of carbonyl (C=O) groups is 2. The van der Waals surface area contributed by atoms with E-state index in [-0.39, 0.29) is 37.1 Å². The number of nitrogens with zero attached hydrogens (tertiary/aromatic N) is 4. The molecule has 1 aliphatic rings. The van der Waals surface area contributed by atoms with Crippen molar-refractivity contribution in [3.8, 4) is 0 Å². The smallest absolute Gasteiger partial charge is 0.338 e. The second-order valence-electron chi connectivity index (χ2n) is 6.64. The Bertz CT molecular complexity index is 884. The van der Waals surface area contributed by atoms with E-state index in [0.29, 0.717) is 5.69 Å². The van der Waals surface area contributed by atoms with Gasteiger partial charge in [0, 0.05) is 36.9 Å². The number of anilines is 1. The Hall–Kier alpha value is -2.36. The van der Waals surface area contributed by atoms with Crippen molar-refractivity contribution in [1.82, 2.24) is 14.5 Å². The van der Waals surface area contributed by atoms with Crippen LogP contribution in [0.4, 0.5) is 18.9 Å². The molecule has 0 unspecified atom stereocenters. The molecule has 28 heavy (non-hydrogen) atoms. The number of para-hydroxylation sites is 1. The van der Waals surface area contributed by atoms with Crippen LogP contribution in [0.3, 0.4) is 0 Å². The van der Waals surface area contributed by atoms with Crippen LogP contribution in [0.25, 0.3) is 0 Å². The van der Waals surface area contributed by atoms with E-state index in [9.17, 15) is 22.8 Å². The van der Waals surface area contributed by atoms with Crippen LogP contribution in [0.15, 0.2) is 41.1 Å². The number of hydrogen-bond acceptors (Lipinski definition) is 3. The van der Waals surface area contributed by atoms with Crippen molar-refractivity contribution in [2.75, 3.05) is 18.5 Å². The molecular weight excluding hydrogens is 441 g/mol. The lowest BCUT2D eigenvalue weighted by Gasteiger charge is -2.22. The molecule has 3 rings (SSSR count). The van der Waals surface area contributed by atoms with E-state index in [1.54, 1.807) is 17.0 Å². The van der Waals surface area contributed by atoms with Crippen molar-refractivity contribution < 1.29 is 22.8 Å². The average molecular weight is 459 g/mol. The fraction of sp³-hybridized carbons (Fsp3) is 0.389. The molecule has 0 saturated carbocycles. The number of carbonyl (C=O) groups excluding carboxylic acids is 2. The zero-order chi connectivity index (χ0) is 20.5. The monoisotopic (exact) mass is 458 g/mol. The molecule has 0 radical (unpaired) electrons. The summed E-state index contributed by atoms with van der Waals surface area (Å²) in [7, 11) is 1.50. The van der Waals surface area contributed by atoms with Gasteiger partial charge in [-0.05, 0) is 28.1 Å². The zero-order valence-electron chi connectivity index (χ0n) is 15.0. The number of amides is 2.